The average Bonchev–Trinajstić information content (AvgIpc) is 2.38. The third-order valence-corrected chi connectivity index (χ3v) is 2.18. The maximum Gasteiger partial charge on any atom is 0.128 e. The monoisotopic (exact) mass is 214 g/mol. The molecule has 2 aromatic heterocycles. The minimum absolute atomic E-state index is 0.682. The van der Waals surface area contributed by atoms with Crippen molar-refractivity contribution in [2.24, 2.45) is 0 Å². The first kappa shape index (κ1) is 10.4. The lowest BCUT2D eigenvalue weighted by atomic mass is 10.3. The second-order valence-corrected chi connectivity index (χ2v) is 3.33. The zero-order valence-electron chi connectivity index (χ0n) is 9.14. The van der Waals surface area contributed by atoms with E-state index in [4.69, 9.17) is 0 Å². The molecule has 2 N–H and O–H groups in total. The Morgan fingerprint density at radius 2 is 1.94 bits per heavy atom. The van der Waals surface area contributed by atoms with Crippen LogP contribution in [0.15, 0.2) is 42.6 Å². The molecule has 0 atom stereocenters. The van der Waals surface area contributed by atoms with Crippen LogP contribution >= 0.6 is 0 Å². The van der Waals surface area contributed by atoms with E-state index < -0.39 is 0 Å². The fourth-order valence-corrected chi connectivity index (χ4v) is 1.36. The molecule has 0 fully saturated rings. The van der Waals surface area contributed by atoms with E-state index >= 15 is 0 Å². The zero-order chi connectivity index (χ0) is 11.2. The molecule has 0 aliphatic heterocycles. The molecule has 2 aromatic rings. The molecular formula is C12H14N4. The van der Waals surface area contributed by atoms with Gasteiger partial charge in [0.25, 0.3) is 0 Å². The van der Waals surface area contributed by atoms with Crippen molar-refractivity contribution in [1.29, 1.82) is 0 Å². The van der Waals surface area contributed by atoms with Gasteiger partial charge in [0.1, 0.15) is 11.6 Å². The van der Waals surface area contributed by atoms with Crippen molar-refractivity contribution in [3.05, 3.63) is 48.3 Å². The Morgan fingerprint density at radius 3 is 2.69 bits per heavy atom. The lowest BCUT2D eigenvalue weighted by Crippen LogP contribution is -2.03. The molecule has 0 aromatic carbocycles. The third-order valence-electron chi connectivity index (χ3n) is 2.18. The number of aromatic nitrogens is 2. The van der Waals surface area contributed by atoms with Crippen LogP contribution in [0.25, 0.3) is 0 Å². The molecule has 4 nitrogen and oxygen atoms in total. The first-order valence-electron chi connectivity index (χ1n) is 5.17. The molecule has 0 bridgehead atoms. The van der Waals surface area contributed by atoms with E-state index in [1.165, 1.54) is 0 Å². The van der Waals surface area contributed by atoms with Gasteiger partial charge in [0.05, 0.1) is 12.2 Å². The highest BCUT2D eigenvalue weighted by Crippen LogP contribution is 2.09. The minimum Gasteiger partial charge on any atom is -0.373 e. The number of pyridine rings is 2. The SMILES string of the molecule is CNc1cccc(NCc2ccccn2)n1. The summed E-state index contributed by atoms with van der Waals surface area (Å²) in [7, 11) is 1.85. The van der Waals surface area contributed by atoms with Crippen molar-refractivity contribution in [2.75, 3.05) is 17.7 Å². The lowest BCUT2D eigenvalue weighted by Gasteiger charge is -2.06. The average molecular weight is 214 g/mol. The Morgan fingerprint density at radius 1 is 1.06 bits per heavy atom. The molecule has 0 aliphatic rings. The number of hydrogen-bond donors (Lipinski definition) is 2. The van der Waals surface area contributed by atoms with Crippen molar-refractivity contribution in [3.8, 4) is 0 Å². The molecule has 0 saturated carbocycles. The smallest absolute Gasteiger partial charge is 0.128 e. The summed E-state index contributed by atoms with van der Waals surface area (Å²) in [6, 6.07) is 11.7. The van der Waals surface area contributed by atoms with E-state index in [0.29, 0.717) is 6.54 Å². The molecular weight excluding hydrogens is 200 g/mol. The van der Waals surface area contributed by atoms with Gasteiger partial charge in [0.15, 0.2) is 0 Å². The summed E-state index contributed by atoms with van der Waals surface area (Å²) in [5.41, 5.74) is 0.999. The van der Waals surface area contributed by atoms with E-state index in [1.807, 2.05) is 43.4 Å². The van der Waals surface area contributed by atoms with Gasteiger partial charge in [-0.3, -0.25) is 4.98 Å². The molecule has 82 valence electrons. The quantitative estimate of drug-likeness (QED) is 0.818. The third kappa shape index (κ3) is 2.70. The van der Waals surface area contributed by atoms with E-state index in [0.717, 1.165) is 17.3 Å². The van der Waals surface area contributed by atoms with Crippen LogP contribution in [0.5, 0.6) is 0 Å². The molecule has 0 unspecified atom stereocenters. The van der Waals surface area contributed by atoms with Crippen molar-refractivity contribution in [1.82, 2.24) is 9.97 Å². The number of hydrogen-bond acceptors (Lipinski definition) is 4. The largest absolute Gasteiger partial charge is 0.373 e. The van der Waals surface area contributed by atoms with Crippen molar-refractivity contribution < 1.29 is 0 Å². The van der Waals surface area contributed by atoms with E-state index in [9.17, 15) is 0 Å². The number of anilines is 2. The van der Waals surface area contributed by atoms with Gasteiger partial charge in [-0.15, -0.1) is 0 Å². The molecule has 4 heteroatoms. The second kappa shape index (κ2) is 5.11. The highest BCUT2D eigenvalue weighted by molar-refractivity contribution is 5.44. The van der Waals surface area contributed by atoms with Crippen molar-refractivity contribution >= 4 is 11.6 Å². The maximum absolute atomic E-state index is 4.36. The minimum atomic E-state index is 0.682. The van der Waals surface area contributed by atoms with Gasteiger partial charge in [-0.2, -0.15) is 0 Å². The maximum atomic E-state index is 4.36. The summed E-state index contributed by atoms with van der Waals surface area (Å²) in [5, 5.41) is 6.22. The Balaban J connectivity index is 1.99. The Bertz CT molecular complexity index is 442. The molecule has 0 radical (unpaired) electrons. The highest BCUT2D eigenvalue weighted by atomic mass is 15.1. The fourth-order valence-electron chi connectivity index (χ4n) is 1.36. The van der Waals surface area contributed by atoms with Crippen LogP contribution in [0.2, 0.25) is 0 Å². The lowest BCUT2D eigenvalue weighted by molar-refractivity contribution is 1.03. The van der Waals surface area contributed by atoms with Crippen LogP contribution in [0, 0.1) is 0 Å². The van der Waals surface area contributed by atoms with Crippen LogP contribution in [-0.2, 0) is 6.54 Å². The predicted octanol–water partition coefficient (Wildman–Crippen LogP) is 2.13. The Kier molecular flexibility index (Phi) is 3.33. The topological polar surface area (TPSA) is 49.8 Å². The van der Waals surface area contributed by atoms with Crippen molar-refractivity contribution in [2.45, 2.75) is 6.54 Å². The molecule has 2 rings (SSSR count). The summed E-state index contributed by atoms with van der Waals surface area (Å²) in [6.45, 7) is 0.682. The van der Waals surface area contributed by atoms with Crippen LogP contribution in [0.3, 0.4) is 0 Å². The first-order valence-corrected chi connectivity index (χ1v) is 5.17. The van der Waals surface area contributed by atoms with Gasteiger partial charge < -0.3 is 10.6 Å². The van der Waals surface area contributed by atoms with Crippen LogP contribution in [0.1, 0.15) is 5.69 Å². The van der Waals surface area contributed by atoms with E-state index in [1.54, 1.807) is 6.20 Å². The Hall–Kier alpha value is -2.10. The summed E-state index contributed by atoms with van der Waals surface area (Å²) in [6.07, 6.45) is 1.79. The normalized spacial score (nSPS) is 9.81. The standard InChI is InChI=1S/C12H14N4/c1-13-11-6-4-7-12(16-11)15-9-10-5-2-3-8-14-10/h2-8H,9H2,1H3,(H2,13,15,16). The van der Waals surface area contributed by atoms with Crippen LogP contribution in [-0.4, -0.2) is 17.0 Å². The number of nitrogens with one attached hydrogen (secondary N) is 2. The molecule has 0 spiro atoms. The first-order chi connectivity index (χ1) is 7.88. The number of nitrogens with zero attached hydrogens (tertiary/aromatic N) is 2. The summed E-state index contributed by atoms with van der Waals surface area (Å²) in [4.78, 5) is 8.59. The van der Waals surface area contributed by atoms with Crippen molar-refractivity contribution in [3.63, 3.8) is 0 Å². The van der Waals surface area contributed by atoms with Gasteiger partial charge in [-0.1, -0.05) is 12.1 Å². The Labute approximate surface area is 94.8 Å². The van der Waals surface area contributed by atoms with Gasteiger partial charge in [-0.05, 0) is 24.3 Å². The summed E-state index contributed by atoms with van der Waals surface area (Å²) >= 11 is 0. The van der Waals surface area contributed by atoms with Gasteiger partial charge in [0.2, 0.25) is 0 Å². The van der Waals surface area contributed by atoms with Crippen LogP contribution in [0.4, 0.5) is 11.6 Å². The van der Waals surface area contributed by atoms with Gasteiger partial charge in [-0.25, -0.2) is 4.98 Å². The highest BCUT2D eigenvalue weighted by Gasteiger charge is 1.96. The molecule has 2 heterocycles. The number of rotatable bonds is 4. The van der Waals surface area contributed by atoms with Crippen LogP contribution < -0.4 is 10.6 Å². The molecule has 0 aliphatic carbocycles. The predicted molar refractivity (Wildman–Crippen MR) is 65.3 cm³/mol. The fraction of sp³-hybridized carbons (Fsp3) is 0.167. The summed E-state index contributed by atoms with van der Waals surface area (Å²) < 4.78 is 0. The van der Waals surface area contributed by atoms with E-state index in [-0.39, 0.29) is 0 Å². The van der Waals surface area contributed by atoms with Gasteiger partial charge >= 0.3 is 0 Å². The second-order valence-electron chi connectivity index (χ2n) is 3.33. The molecule has 16 heavy (non-hydrogen) atoms. The molecule has 0 saturated heterocycles. The van der Waals surface area contributed by atoms with E-state index in [2.05, 4.69) is 20.6 Å². The zero-order valence-corrected chi connectivity index (χ0v) is 9.14. The van der Waals surface area contributed by atoms with Gasteiger partial charge in [0, 0.05) is 13.2 Å². The summed E-state index contributed by atoms with van der Waals surface area (Å²) in [5.74, 6) is 1.70. The molecule has 0 amide bonds.